The van der Waals surface area contributed by atoms with Gasteiger partial charge in [0.05, 0.1) is 0 Å². The Morgan fingerprint density at radius 3 is 2.78 bits per heavy atom. The van der Waals surface area contributed by atoms with Gasteiger partial charge in [-0.1, -0.05) is 23.2 Å². The second-order valence-corrected chi connectivity index (χ2v) is 7.64. The van der Waals surface area contributed by atoms with E-state index < -0.39 is 12.0 Å². The Labute approximate surface area is 161 Å². The number of carboxylic acids is 1. The van der Waals surface area contributed by atoms with Crippen LogP contribution in [0.3, 0.4) is 0 Å². The molecule has 1 aliphatic heterocycles. The fourth-order valence-electron chi connectivity index (χ4n) is 4.31. The first-order chi connectivity index (χ1) is 13.0. The number of aryl methyl sites for hydroxylation is 1. The minimum absolute atomic E-state index is 0.0892. The van der Waals surface area contributed by atoms with Crippen molar-refractivity contribution in [2.75, 3.05) is 6.54 Å². The lowest BCUT2D eigenvalue weighted by Gasteiger charge is -2.24. The van der Waals surface area contributed by atoms with E-state index in [4.69, 9.17) is 16.1 Å². The monoisotopic (exact) mass is 389 g/mol. The molecule has 1 aromatic heterocycles. The van der Waals surface area contributed by atoms with E-state index in [1.54, 1.807) is 24.3 Å². The van der Waals surface area contributed by atoms with E-state index in [0.29, 0.717) is 29.2 Å². The summed E-state index contributed by atoms with van der Waals surface area (Å²) in [4.78, 5) is 30.2. The number of nitrogens with zero attached hydrogens (tertiary/aromatic N) is 3. The standard InChI is InChI=1S/C19H20ClN3O4/c20-13-6-4-11(5-7-13)18-21-15(27-22-18)8-9-16(24)23-10-12-2-1-3-14(12)17(23)19(25)26/h4-7,12,14,17H,1-3,8-10H2,(H,25,26). The summed E-state index contributed by atoms with van der Waals surface area (Å²) in [5.41, 5.74) is 0.777. The van der Waals surface area contributed by atoms with Crippen LogP contribution in [0.1, 0.15) is 31.6 Å². The first-order valence-electron chi connectivity index (χ1n) is 9.13. The Bertz CT molecular complexity index is 851. The molecule has 1 saturated heterocycles. The van der Waals surface area contributed by atoms with E-state index in [9.17, 15) is 14.7 Å². The number of halogens is 1. The number of aromatic nitrogens is 2. The summed E-state index contributed by atoms with van der Waals surface area (Å²) >= 11 is 5.87. The SMILES string of the molecule is O=C(O)C1C2CCCC2CN1C(=O)CCc1nc(-c2ccc(Cl)cc2)no1. The molecule has 3 atom stereocenters. The summed E-state index contributed by atoms with van der Waals surface area (Å²) < 4.78 is 5.23. The number of hydrogen-bond donors (Lipinski definition) is 1. The number of carbonyl (C=O) groups excluding carboxylic acids is 1. The Kier molecular flexibility index (Phi) is 4.86. The number of aliphatic carboxylic acids is 1. The summed E-state index contributed by atoms with van der Waals surface area (Å²) in [6.45, 7) is 0.542. The maximum atomic E-state index is 12.6. The van der Waals surface area contributed by atoms with E-state index in [1.165, 1.54) is 4.90 Å². The zero-order valence-corrected chi connectivity index (χ0v) is 15.4. The van der Waals surface area contributed by atoms with Gasteiger partial charge in [0.1, 0.15) is 6.04 Å². The smallest absolute Gasteiger partial charge is 0.326 e. The molecule has 1 aromatic carbocycles. The molecule has 2 fully saturated rings. The van der Waals surface area contributed by atoms with Crippen LogP contribution in [0.25, 0.3) is 11.4 Å². The number of fused-ring (bicyclic) bond motifs is 1. The van der Waals surface area contributed by atoms with Crippen molar-refractivity contribution in [1.82, 2.24) is 15.0 Å². The van der Waals surface area contributed by atoms with Crippen molar-refractivity contribution in [3.63, 3.8) is 0 Å². The van der Waals surface area contributed by atoms with E-state index in [0.717, 1.165) is 24.8 Å². The van der Waals surface area contributed by atoms with Crippen LogP contribution in [0, 0.1) is 11.8 Å². The van der Waals surface area contributed by atoms with Crippen LogP contribution >= 0.6 is 11.6 Å². The van der Waals surface area contributed by atoms with Gasteiger partial charge in [-0.25, -0.2) is 4.79 Å². The lowest BCUT2D eigenvalue weighted by Crippen LogP contribution is -2.43. The number of hydrogen-bond acceptors (Lipinski definition) is 5. The maximum Gasteiger partial charge on any atom is 0.326 e. The molecule has 7 nitrogen and oxygen atoms in total. The Balaban J connectivity index is 1.39. The summed E-state index contributed by atoms with van der Waals surface area (Å²) in [7, 11) is 0. The fourth-order valence-corrected chi connectivity index (χ4v) is 4.43. The average molecular weight is 390 g/mol. The minimum atomic E-state index is -0.902. The van der Waals surface area contributed by atoms with Gasteiger partial charge in [-0.05, 0) is 48.9 Å². The molecule has 1 N–H and O–H groups in total. The van der Waals surface area contributed by atoms with Gasteiger partial charge in [-0.3, -0.25) is 4.79 Å². The van der Waals surface area contributed by atoms with Crippen molar-refractivity contribution in [3.8, 4) is 11.4 Å². The molecule has 1 saturated carbocycles. The number of benzene rings is 1. The van der Waals surface area contributed by atoms with Crippen LogP contribution in [0.4, 0.5) is 0 Å². The van der Waals surface area contributed by atoms with E-state index in [1.807, 2.05) is 0 Å². The lowest BCUT2D eigenvalue weighted by molar-refractivity contribution is -0.149. The van der Waals surface area contributed by atoms with Gasteiger partial charge < -0.3 is 14.5 Å². The zero-order valence-electron chi connectivity index (χ0n) is 14.7. The second-order valence-electron chi connectivity index (χ2n) is 7.20. The van der Waals surface area contributed by atoms with Gasteiger partial charge in [0.2, 0.25) is 17.6 Å². The fraction of sp³-hybridized carbons (Fsp3) is 0.474. The van der Waals surface area contributed by atoms with Gasteiger partial charge in [-0.15, -0.1) is 0 Å². The third kappa shape index (κ3) is 3.56. The third-order valence-corrected chi connectivity index (χ3v) is 5.84. The topological polar surface area (TPSA) is 96.5 Å². The quantitative estimate of drug-likeness (QED) is 0.844. The molecule has 4 rings (SSSR count). The van der Waals surface area contributed by atoms with Crippen LogP contribution in [-0.4, -0.2) is 44.6 Å². The molecular weight excluding hydrogens is 370 g/mol. The summed E-state index contributed by atoms with van der Waals surface area (Å²) in [5.74, 6) is 0.137. The van der Waals surface area contributed by atoms with Crippen LogP contribution in [0.15, 0.2) is 28.8 Å². The van der Waals surface area contributed by atoms with Crippen LogP contribution in [0.5, 0.6) is 0 Å². The molecule has 8 heteroatoms. The number of rotatable bonds is 5. The Morgan fingerprint density at radius 2 is 2.04 bits per heavy atom. The van der Waals surface area contributed by atoms with Gasteiger partial charge in [0.15, 0.2) is 0 Å². The van der Waals surface area contributed by atoms with Crippen LogP contribution in [-0.2, 0) is 16.0 Å². The Morgan fingerprint density at radius 1 is 1.26 bits per heavy atom. The zero-order chi connectivity index (χ0) is 19.0. The van der Waals surface area contributed by atoms with Crippen LogP contribution < -0.4 is 0 Å². The van der Waals surface area contributed by atoms with E-state index in [-0.39, 0.29) is 24.7 Å². The first-order valence-corrected chi connectivity index (χ1v) is 9.51. The average Bonchev–Trinajstić information content (AvgIpc) is 3.35. The normalized spacial score (nSPS) is 24.2. The highest BCUT2D eigenvalue weighted by atomic mass is 35.5. The third-order valence-electron chi connectivity index (χ3n) is 5.59. The van der Waals surface area contributed by atoms with Crippen molar-refractivity contribution >= 4 is 23.5 Å². The summed E-state index contributed by atoms with van der Waals surface area (Å²) in [6.07, 6.45) is 3.39. The number of carbonyl (C=O) groups is 2. The van der Waals surface area contributed by atoms with Gasteiger partial charge >= 0.3 is 5.97 Å². The highest BCUT2D eigenvalue weighted by molar-refractivity contribution is 6.30. The molecule has 2 heterocycles. The van der Waals surface area contributed by atoms with E-state index >= 15 is 0 Å². The number of carboxylic acid groups (broad SMARTS) is 1. The molecule has 1 amide bonds. The van der Waals surface area contributed by atoms with Crippen molar-refractivity contribution in [1.29, 1.82) is 0 Å². The van der Waals surface area contributed by atoms with Gasteiger partial charge in [0.25, 0.3) is 0 Å². The van der Waals surface area contributed by atoms with E-state index in [2.05, 4.69) is 10.1 Å². The number of amides is 1. The molecule has 1 aliphatic carbocycles. The summed E-state index contributed by atoms with van der Waals surface area (Å²) in [5, 5.41) is 14.1. The van der Waals surface area contributed by atoms with Crippen LogP contribution in [0.2, 0.25) is 5.02 Å². The molecular formula is C19H20ClN3O4. The van der Waals surface area contributed by atoms with Gasteiger partial charge in [-0.2, -0.15) is 4.98 Å². The van der Waals surface area contributed by atoms with Crippen molar-refractivity contribution in [2.45, 2.75) is 38.1 Å². The molecule has 0 bridgehead atoms. The lowest BCUT2D eigenvalue weighted by atomic mass is 9.94. The summed E-state index contributed by atoms with van der Waals surface area (Å²) in [6, 6.07) is 6.38. The molecule has 2 aliphatic rings. The predicted octanol–water partition coefficient (Wildman–Crippen LogP) is 3.03. The highest BCUT2D eigenvalue weighted by Gasteiger charge is 2.49. The largest absolute Gasteiger partial charge is 0.480 e. The number of likely N-dealkylation sites (tertiary alicyclic amines) is 1. The minimum Gasteiger partial charge on any atom is -0.480 e. The maximum absolute atomic E-state index is 12.6. The first kappa shape index (κ1) is 18.0. The van der Waals surface area contributed by atoms with Crippen molar-refractivity contribution in [2.24, 2.45) is 11.8 Å². The second kappa shape index (κ2) is 7.31. The van der Waals surface area contributed by atoms with Crippen molar-refractivity contribution < 1.29 is 19.2 Å². The highest BCUT2D eigenvalue weighted by Crippen LogP contribution is 2.42. The molecule has 3 unspecified atom stereocenters. The molecule has 142 valence electrons. The Hall–Kier alpha value is -2.41. The molecule has 2 aromatic rings. The molecule has 0 radical (unpaired) electrons. The van der Waals surface area contributed by atoms with Gasteiger partial charge in [0, 0.05) is 30.0 Å². The van der Waals surface area contributed by atoms with Crippen molar-refractivity contribution in [3.05, 3.63) is 35.2 Å². The predicted molar refractivity (Wildman–Crippen MR) is 97.0 cm³/mol. The molecule has 27 heavy (non-hydrogen) atoms. The molecule has 0 spiro atoms.